The lowest BCUT2D eigenvalue weighted by atomic mass is 9.98. The maximum absolute atomic E-state index is 4.96. The van der Waals surface area contributed by atoms with E-state index in [4.69, 9.17) is 4.98 Å². The molecule has 2 aromatic rings. The van der Waals surface area contributed by atoms with Crippen LogP contribution in [0, 0.1) is 0 Å². The standard InChI is InChI=1S/C20H20N2/c1-3-4-9-15-14-10-6-8-13-18(14)22(2)20-16-11-5-7-12-17(16)21-19(15)20/h5-8,10-13H,3-4,9H2,1-2H3. The first kappa shape index (κ1) is 13.3. The van der Waals surface area contributed by atoms with Crippen molar-refractivity contribution in [2.24, 2.45) is 7.05 Å². The molecule has 2 aromatic carbocycles. The smallest absolute Gasteiger partial charge is 0.0919 e. The molecular formula is C20H20N2. The second-order valence-corrected chi connectivity index (χ2v) is 5.98. The van der Waals surface area contributed by atoms with Gasteiger partial charge in [0.1, 0.15) is 0 Å². The van der Waals surface area contributed by atoms with E-state index in [1.807, 2.05) is 0 Å². The molecule has 0 aliphatic carbocycles. The minimum atomic E-state index is 1.09. The van der Waals surface area contributed by atoms with Crippen LogP contribution in [0.4, 0.5) is 0 Å². The number of aromatic nitrogens is 2. The van der Waals surface area contributed by atoms with E-state index in [0.717, 1.165) is 11.9 Å². The second-order valence-electron chi connectivity index (χ2n) is 5.98. The highest BCUT2D eigenvalue weighted by Crippen LogP contribution is 2.38. The third-order valence-corrected chi connectivity index (χ3v) is 4.61. The molecule has 22 heavy (non-hydrogen) atoms. The molecule has 2 nitrogen and oxygen atoms in total. The Balaban J connectivity index is 2.17. The number of rotatable bonds is 3. The Bertz CT molecular complexity index is 933. The van der Waals surface area contributed by atoms with Crippen LogP contribution in [0.3, 0.4) is 0 Å². The SMILES string of the molecule is CCCCc1c2nc3ccccc3c-2n(C)c2ccccc12. The summed E-state index contributed by atoms with van der Waals surface area (Å²) in [4.78, 5) is 4.96. The van der Waals surface area contributed by atoms with Crippen LogP contribution in [0.1, 0.15) is 25.3 Å². The van der Waals surface area contributed by atoms with Gasteiger partial charge in [-0.05, 0) is 30.5 Å². The Morgan fingerprint density at radius 3 is 2.50 bits per heavy atom. The van der Waals surface area contributed by atoms with Gasteiger partial charge in [-0.2, -0.15) is 0 Å². The average molecular weight is 288 g/mol. The molecular weight excluding hydrogens is 268 g/mol. The zero-order chi connectivity index (χ0) is 15.1. The van der Waals surface area contributed by atoms with Crippen LogP contribution in [-0.2, 0) is 13.5 Å². The summed E-state index contributed by atoms with van der Waals surface area (Å²) in [5.74, 6) is 0. The van der Waals surface area contributed by atoms with Gasteiger partial charge in [0.15, 0.2) is 0 Å². The van der Waals surface area contributed by atoms with E-state index in [2.05, 4.69) is 67.1 Å². The second kappa shape index (κ2) is 5.13. The van der Waals surface area contributed by atoms with Crippen LogP contribution in [0.2, 0.25) is 0 Å². The van der Waals surface area contributed by atoms with Crippen molar-refractivity contribution in [2.45, 2.75) is 26.2 Å². The van der Waals surface area contributed by atoms with Crippen molar-refractivity contribution in [3.63, 3.8) is 0 Å². The Labute approximate surface area is 130 Å². The van der Waals surface area contributed by atoms with Crippen molar-refractivity contribution >= 4 is 21.8 Å². The molecule has 0 aromatic heterocycles. The van der Waals surface area contributed by atoms with E-state index in [0.29, 0.717) is 0 Å². The monoisotopic (exact) mass is 288 g/mol. The summed E-state index contributed by atoms with van der Waals surface area (Å²) in [7, 11) is 2.16. The normalized spacial score (nSPS) is 11.7. The van der Waals surface area contributed by atoms with Crippen LogP contribution in [0.5, 0.6) is 0 Å². The Morgan fingerprint density at radius 1 is 0.955 bits per heavy atom. The van der Waals surface area contributed by atoms with Gasteiger partial charge in [-0.25, -0.2) is 4.98 Å². The zero-order valence-corrected chi connectivity index (χ0v) is 13.1. The summed E-state index contributed by atoms with van der Waals surface area (Å²) >= 11 is 0. The molecule has 0 saturated carbocycles. The van der Waals surface area contributed by atoms with Crippen LogP contribution in [0.15, 0.2) is 48.5 Å². The number of nitrogens with zero attached hydrogens (tertiary/aromatic N) is 2. The van der Waals surface area contributed by atoms with Gasteiger partial charge in [0.2, 0.25) is 0 Å². The van der Waals surface area contributed by atoms with E-state index in [1.165, 1.54) is 46.1 Å². The van der Waals surface area contributed by atoms with Gasteiger partial charge in [0.25, 0.3) is 0 Å². The molecule has 0 fully saturated rings. The largest absolute Gasteiger partial charge is 0.342 e. The van der Waals surface area contributed by atoms with Crippen molar-refractivity contribution in [1.29, 1.82) is 0 Å². The molecule has 0 spiro atoms. The molecule has 0 bridgehead atoms. The summed E-state index contributed by atoms with van der Waals surface area (Å²) in [5.41, 5.74) is 6.23. The molecule has 0 radical (unpaired) electrons. The van der Waals surface area contributed by atoms with E-state index >= 15 is 0 Å². The van der Waals surface area contributed by atoms with E-state index < -0.39 is 0 Å². The number of aryl methyl sites for hydroxylation is 2. The van der Waals surface area contributed by atoms with Gasteiger partial charge in [-0.3, -0.25) is 0 Å². The van der Waals surface area contributed by atoms with E-state index in [-0.39, 0.29) is 0 Å². The number of benzene rings is 2. The molecule has 0 unspecified atom stereocenters. The molecule has 4 rings (SSSR count). The minimum Gasteiger partial charge on any atom is -0.342 e. The number of unbranched alkanes of at least 4 members (excludes halogenated alkanes) is 1. The van der Waals surface area contributed by atoms with Crippen LogP contribution < -0.4 is 0 Å². The van der Waals surface area contributed by atoms with Gasteiger partial charge in [-0.1, -0.05) is 49.7 Å². The highest BCUT2D eigenvalue weighted by Gasteiger charge is 2.21. The highest BCUT2D eigenvalue weighted by atomic mass is 15.0. The number of hydrogen-bond acceptors (Lipinski definition) is 1. The molecule has 2 heteroatoms. The van der Waals surface area contributed by atoms with Crippen molar-refractivity contribution in [1.82, 2.24) is 9.55 Å². The topological polar surface area (TPSA) is 17.8 Å². The minimum absolute atomic E-state index is 1.09. The lowest BCUT2D eigenvalue weighted by molar-refractivity contribution is 0.795. The van der Waals surface area contributed by atoms with Crippen molar-refractivity contribution < 1.29 is 0 Å². The fourth-order valence-corrected chi connectivity index (χ4v) is 3.50. The molecule has 2 aliphatic heterocycles. The van der Waals surface area contributed by atoms with Gasteiger partial charge in [0.05, 0.1) is 16.9 Å². The number of para-hydroxylation sites is 2. The third-order valence-electron chi connectivity index (χ3n) is 4.61. The summed E-state index contributed by atoms with van der Waals surface area (Å²) in [6, 6.07) is 17.2. The maximum atomic E-state index is 4.96. The predicted octanol–water partition coefficient (Wildman–Crippen LogP) is 5.17. The van der Waals surface area contributed by atoms with Gasteiger partial charge >= 0.3 is 0 Å². The first-order valence-electron chi connectivity index (χ1n) is 8.06. The highest BCUT2D eigenvalue weighted by molar-refractivity contribution is 6.02. The van der Waals surface area contributed by atoms with Crippen LogP contribution in [-0.4, -0.2) is 9.55 Å². The Kier molecular flexibility index (Phi) is 3.11. The molecule has 0 saturated heterocycles. The number of fused-ring (bicyclic) bond motifs is 4. The maximum Gasteiger partial charge on any atom is 0.0919 e. The van der Waals surface area contributed by atoms with Crippen molar-refractivity contribution in [3.05, 3.63) is 54.1 Å². The Morgan fingerprint density at radius 2 is 1.68 bits per heavy atom. The van der Waals surface area contributed by atoms with Gasteiger partial charge in [0, 0.05) is 23.3 Å². The number of hydrogen-bond donors (Lipinski definition) is 0. The fraction of sp³-hybridized carbons (Fsp3) is 0.250. The van der Waals surface area contributed by atoms with E-state index in [9.17, 15) is 0 Å². The third kappa shape index (κ3) is 1.83. The summed E-state index contributed by atoms with van der Waals surface area (Å²) < 4.78 is 2.30. The quantitative estimate of drug-likeness (QED) is 0.508. The van der Waals surface area contributed by atoms with Gasteiger partial charge < -0.3 is 4.57 Å². The lowest BCUT2D eigenvalue weighted by Crippen LogP contribution is -2.04. The average Bonchev–Trinajstić information content (AvgIpc) is 2.94. The summed E-state index contributed by atoms with van der Waals surface area (Å²) in [5, 5.41) is 2.59. The van der Waals surface area contributed by atoms with Crippen molar-refractivity contribution in [3.8, 4) is 11.4 Å². The molecule has 0 N–H and O–H groups in total. The van der Waals surface area contributed by atoms with Crippen molar-refractivity contribution in [2.75, 3.05) is 0 Å². The first-order valence-corrected chi connectivity index (χ1v) is 8.06. The molecule has 0 amide bonds. The number of pyridine rings is 1. The lowest BCUT2D eigenvalue weighted by Gasteiger charge is -2.17. The Hall–Kier alpha value is -2.35. The molecule has 0 atom stereocenters. The first-order chi connectivity index (χ1) is 10.8. The molecule has 2 aliphatic rings. The van der Waals surface area contributed by atoms with Crippen LogP contribution >= 0.6 is 0 Å². The van der Waals surface area contributed by atoms with Gasteiger partial charge in [-0.15, -0.1) is 0 Å². The van der Waals surface area contributed by atoms with Crippen LogP contribution in [0.25, 0.3) is 33.2 Å². The predicted molar refractivity (Wildman–Crippen MR) is 93.5 cm³/mol. The molecule has 2 heterocycles. The fourth-order valence-electron chi connectivity index (χ4n) is 3.50. The summed E-state index contributed by atoms with van der Waals surface area (Å²) in [6.45, 7) is 2.25. The molecule has 110 valence electrons. The summed E-state index contributed by atoms with van der Waals surface area (Å²) in [6.07, 6.45) is 3.50. The van der Waals surface area contributed by atoms with E-state index in [1.54, 1.807) is 0 Å². The zero-order valence-electron chi connectivity index (χ0n) is 13.1.